The summed E-state index contributed by atoms with van der Waals surface area (Å²) in [6, 6.07) is -2.92. The smallest absolute Gasteiger partial charge is 0.315 e. The second kappa shape index (κ2) is 9.45. The molecule has 1 saturated heterocycles. The highest BCUT2D eigenvalue weighted by molar-refractivity contribution is 6.38. The number of nitrogens with one attached hydrogen (secondary N) is 3. The lowest BCUT2D eigenvalue weighted by atomic mass is 9.85. The molecule has 9 heteroatoms. The minimum atomic E-state index is -0.866. The number of likely N-dealkylation sites (tertiary alicyclic amines) is 1. The van der Waals surface area contributed by atoms with Crippen LogP contribution >= 0.6 is 0 Å². The lowest BCUT2D eigenvalue weighted by Gasteiger charge is -2.38. The average Bonchev–Trinajstić information content (AvgIpc) is 3.55. The number of hydrogen-bond acceptors (Lipinski definition) is 5. The third-order valence-electron chi connectivity index (χ3n) is 7.88. The summed E-state index contributed by atoms with van der Waals surface area (Å²) in [6.45, 7) is 17.0. The van der Waals surface area contributed by atoms with Gasteiger partial charge in [-0.3, -0.25) is 19.2 Å². The van der Waals surface area contributed by atoms with Crippen molar-refractivity contribution in [1.82, 2.24) is 20.9 Å². The highest BCUT2D eigenvalue weighted by Gasteiger charge is 2.70. The number of hydrogen-bond donors (Lipinski definition) is 3. The Hall–Kier alpha value is -2.45. The predicted octanol–water partition coefficient (Wildman–Crippen LogP) is 2.42. The zero-order valence-electron chi connectivity index (χ0n) is 23.3. The van der Waals surface area contributed by atoms with Crippen molar-refractivity contribution in [2.24, 2.45) is 28.6 Å². The molecule has 1 heterocycles. The van der Waals surface area contributed by atoms with Gasteiger partial charge < -0.3 is 20.9 Å². The number of rotatable bonds is 8. The molecule has 1 unspecified atom stereocenters. The second-order valence-electron chi connectivity index (χ2n) is 13.7. The SMILES string of the molecule is CC(=O)C(=O)C(CC1CC1)NC(=O)[C@@H]1[C@@H]2[C@H](CN1C(=O)[C@@H](NC(=O)NC(C)(C)C)C(C)(C)C)C2(C)C. The van der Waals surface area contributed by atoms with E-state index in [-0.39, 0.29) is 23.2 Å². The Balaban J connectivity index is 1.83. The molecule has 0 aromatic carbocycles. The van der Waals surface area contributed by atoms with Gasteiger partial charge in [-0.25, -0.2) is 4.79 Å². The van der Waals surface area contributed by atoms with Crippen LogP contribution in [0.5, 0.6) is 0 Å². The third-order valence-corrected chi connectivity index (χ3v) is 7.88. The molecule has 2 aliphatic carbocycles. The number of carbonyl (C=O) groups is 5. The molecule has 1 aliphatic heterocycles. The van der Waals surface area contributed by atoms with Gasteiger partial charge >= 0.3 is 6.03 Å². The molecule has 3 aliphatic rings. The normalized spacial score (nSPS) is 26.4. The fourth-order valence-electron chi connectivity index (χ4n) is 5.56. The third kappa shape index (κ3) is 6.09. The molecule has 4 amide bonds. The maximum atomic E-state index is 13.9. The Morgan fingerprint density at radius 2 is 1.56 bits per heavy atom. The van der Waals surface area contributed by atoms with Crippen LogP contribution in [-0.4, -0.2) is 64.5 Å². The minimum Gasteiger partial charge on any atom is -0.344 e. The molecule has 0 aromatic heterocycles. The van der Waals surface area contributed by atoms with Crippen LogP contribution in [0, 0.1) is 28.6 Å². The van der Waals surface area contributed by atoms with E-state index in [2.05, 4.69) is 29.8 Å². The fourth-order valence-corrected chi connectivity index (χ4v) is 5.56. The Labute approximate surface area is 214 Å². The van der Waals surface area contributed by atoms with E-state index >= 15 is 0 Å². The molecule has 0 aromatic rings. The van der Waals surface area contributed by atoms with Crippen LogP contribution in [0.15, 0.2) is 0 Å². The zero-order valence-corrected chi connectivity index (χ0v) is 23.3. The number of carbonyl (C=O) groups excluding carboxylic acids is 5. The van der Waals surface area contributed by atoms with Gasteiger partial charge in [0, 0.05) is 19.0 Å². The van der Waals surface area contributed by atoms with Gasteiger partial charge in [0.1, 0.15) is 12.1 Å². The van der Waals surface area contributed by atoms with Gasteiger partial charge in [0.05, 0.1) is 6.04 Å². The summed E-state index contributed by atoms with van der Waals surface area (Å²) in [5.41, 5.74) is -1.19. The lowest BCUT2D eigenvalue weighted by Crippen LogP contribution is -2.62. The summed E-state index contributed by atoms with van der Waals surface area (Å²) < 4.78 is 0. The van der Waals surface area contributed by atoms with Gasteiger partial charge in [-0.1, -0.05) is 47.5 Å². The molecule has 9 nitrogen and oxygen atoms in total. The highest BCUT2D eigenvalue weighted by atomic mass is 16.2. The molecule has 36 heavy (non-hydrogen) atoms. The van der Waals surface area contributed by atoms with Crippen molar-refractivity contribution >= 4 is 29.4 Å². The molecule has 5 atom stereocenters. The predicted molar refractivity (Wildman–Crippen MR) is 136 cm³/mol. The van der Waals surface area contributed by atoms with E-state index in [9.17, 15) is 24.0 Å². The summed E-state index contributed by atoms with van der Waals surface area (Å²) in [5, 5.41) is 8.51. The Bertz CT molecular complexity index is 941. The largest absolute Gasteiger partial charge is 0.344 e. The quantitative estimate of drug-likeness (QED) is 0.438. The van der Waals surface area contributed by atoms with Crippen LogP contribution in [0.1, 0.15) is 81.6 Å². The van der Waals surface area contributed by atoms with Gasteiger partial charge in [0.15, 0.2) is 5.78 Å². The van der Waals surface area contributed by atoms with Crippen molar-refractivity contribution in [3.8, 4) is 0 Å². The van der Waals surface area contributed by atoms with Crippen LogP contribution in [0.2, 0.25) is 0 Å². The molecule has 202 valence electrons. The molecule has 3 rings (SSSR count). The molecule has 0 spiro atoms. The van der Waals surface area contributed by atoms with Crippen molar-refractivity contribution in [3.05, 3.63) is 0 Å². The van der Waals surface area contributed by atoms with E-state index in [4.69, 9.17) is 0 Å². The lowest BCUT2D eigenvalue weighted by molar-refractivity contribution is -0.145. The van der Waals surface area contributed by atoms with Gasteiger partial charge in [-0.05, 0) is 55.8 Å². The number of nitrogens with zero attached hydrogens (tertiary/aromatic N) is 1. The van der Waals surface area contributed by atoms with Crippen LogP contribution in [-0.2, 0) is 19.2 Å². The standard InChI is InChI=1S/C27H44N4O5/c1-14(32)20(33)17(12-15-10-11-15)28-22(34)19-18-16(27(18,8)9)13-31(19)23(35)21(25(2,3)4)29-24(36)30-26(5,6)7/h15-19,21H,10-13H2,1-9H3,(H,28,34)(H2,29,30,36)/t16-,17?,18-,19-,21+/m0/s1. The number of piperidine rings is 1. The first-order valence-corrected chi connectivity index (χ1v) is 13.1. The maximum absolute atomic E-state index is 13.9. The number of Topliss-reactive ketones (excluding diaryl/α,β-unsaturated/α-hetero) is 2. The summed E-state index contributed by atoms with van der Waals surface area (Å²) in [6.07, 6.45) is 2.42. The highest BCUT2D eigenvalue weighted by Crippen LogP contribution is 2.65. The first-order chi connectivity index (χ1) is 16.3. The number of amides is 4. The molecule has 3 N–H and O–H groups in total. The zero-order chi connectivity index (χ0) is 27.4. The molecule has 2 saturated carbocycles. The van der Waals surface area contributed by atoms with Gasteiger partial charge in [-0.15, -0.1) is 0 Å². The van der Waals surface area contributed by atoms with E-state index in [0.29, 0.717) is 18.9 Å². The van der Waals surface area contributed by atoms with E-state index < -0.39 is 52.6 Å². The topological polar surface area (TPSA) is 125 Å². The number of fused-ring (bicyclic) bond motifs is 1. The average molecular weight is 505 g/mol. The van der Waals surface area contributed by atoms with Crippen molar-refractivity contribution in [3.63, 3.8) is 0 Å². The van der Waals surface area contributed by atoms with Crippen LogP contribution in [0.4, 0.5) is 4.79 Å². The first kappa shape index (κ1) is 28.1. The summed E-state index contributed by atoms with van der Waals surface area (Å²) in [4.78, 5) is 66.2. The summed E-state index contributed by atoms with van der Waals surface area (Å²) >= 11 is 0. The maximum Gasteiger partial charge on any atom is 0.315 e. The second-order valence-corrected chi connectivity index (χ2v) is 13.7. The Morgan fingerprint density at radius 3 is 2.03 bits per heavy atom. The van der Waals surface area contributed by atoms with Crippen molar-refractivity contribution < 1.29 is 24.0 Å². The van der Waals surface area contributed by atoms with E-state index in [1.54, 1.807) is 4.90 Å². The van der Waals surface area contributed by atoms with Gasteiger partial charge in [-0.2, -0.15) is 0 Å². The molecular weight excluding hydrogens is 460 g/mol. The first-order valence-electron chi connectivity index (χ1n) is 13.1. The van der Waals surface area contributed by atoms with Gasteiger partial charge in [0.25, 0.3) is 0 Å². The molecule has 0 radical (unpaired) electrons. The van der Waals surface area contributed by atoms with E-state index in [1.807, 2.05) is 41.5 Å². The fraction of sp³-hybridized carbons (Fsp3) is 0.815. The van der Waals surface area contributed by atoms with Crippen molar-refractivity contribution in [2.75, 3.05) is 6.54 Å². The van der Waals surface area contributed by atoms with Crippen LogP contribution in [0.3, 0.4) is 0 Å². The van der Waals surface area contributed by atoms with Crippen LogP contribution in [0.25, 0.3) is 0 Å². The summed E-state index contributed by atoms with van der Waals surface area (Å²) in [7, 11) is 0. The van der Waals surface area contributed by atoms with E-state index in [1.165, 1.54) is 6.92 Å². The summed E-state index contributed by atoms with van der Waals surface area (Å²) in [5.74, 6) is -1.43. The van der Waals surface area contributed by atoms with Crippen molar-refractivity contribution in [2.45, 2.75) is 105 Å². The molecular formula is C27H44N4O5. The Morgan fingerprint density at radius 1 is 0.972 bits per heavy atom. The molecule has 3 fully saturated rings. The van der Waals surface area contributed by atoms with Crippen molar-refractivity contribution in [1.29, 1.82) is 0 Å². The number of ketones is 2. The minimum absolute atomic E-state index is 0.0422. The number of urea groups is 1. The van der Waals surface area contributed by atoms with Crippen LogP contribution < -0.4 is 16.0 Å². The Kier molecular flexibility index (Phi) is 7.38. The van der Waals surface area contributed by atoms with Gasteiger partial charge in [0.2, 0.25) is 17.6 Å². The molecule has 0 bridgehead atoms. The van der Waals surface area contributed by atoms with E-state index in [0.717, 1.165) is 12.8 Å². The monoisotopic (exact) mass is 504 g/mol.